The maximum Gasteiger partial charge on any atom is 0.328 e. The molecule has 0 aromatic heterocycles. The molecule has 2 aliphatic heterocycles. The number of aliphatic carboxylic acids is 5. The van der Waals surface area contributed by atoms with Crippen LogP contribution in [0.25, 0.3) is 0 Å². The predicted molar refractivity (Wildman–Crippen MR) is 275 cm³/mol. The topological polar surface area (TPSA) is 563 Å². The summed E-state index contributed by atoms with van der Waals surface area (Å²) in [6.45, 7) is 3.99. The molecule has 458 valence electrons. The van der Waals surface area contributed by atoms with Crippen molar-refractivity contribution >= 4 is 94.8 Å². The van der Waals surface area contributed by atoms with Crippen LogP contribution in [0, 0.1) is 5.92 Å². The van der Waals surface area contributed by atoms with Gasteiger partial charge >= 0.3 is 29.8 Å². The van der Waals surface area contributed by atoms with Gasteiger partial charge in [-0.05, 0) is 70.6 Å². The van der Waals surface area contributed by atoms with E-state index in [1.807, 2.05) is 5.32 Å². The molecule has 2 heterocycles. The van der Waals surface area contributed by atoms with E-state index in [9.17, 15) is 102 Å². The van der Waals surface area contributed by atoms with Gasteiger partial charge in [0.15, 0.2) is 6.04 Å². The summed E-state index contributed by atoms with van der Waals surface area (Å²) in [5.74, 6) is -19.9. The molecule has 19 N–H and O–H groups in total. The zero-order valence-electron chi connectivity index (χ0n) is 45.3. The fraction of sp³-hybridized carbons (Fsp3) is 0.667. The lowest BCUT2D eigenvalue weighted by Crippen LogP contribution is -2.61. The Hall–Kier alpha value is -8.56. The highest BCUT2D eigenvalue weighted by Gasteiger charge is 2.45. The molecular formula is C48H74N12O22. The lowest BCUT2D eigenvalue weighted by molar-refractivity contribution is -0.149. The third-order valence-corrected chi connectivity index (χ3v) is 13.1. The van der Waals surface area contributed by atoms with Gasteiger partial charge in [0.25, 0.3) is 0 Å². The first-order valence-corrected chi connectivity index (χ1v) is 26.1. The van der Waals surface area contributed by atoms with Gasteiger partial charge in [-0.25, -0.2) is 4.79 Å². The van der Waals surface area contributed by atoms with E-state index >= 15 is 0 Å². The van der Waals surface area contributed by atoms with E-state index in [2.05, 4.69) is 31.9 Å². The SMILES string of the molecule is CC(C)[C@H](NC(=O)[C@H](CCC(=O)O)NC(=O)[C@H](CCC(N)=O)NC(=O)[C@H](CCC(N)=O)NC(=O)[C@H](CCC(=O)O)NC(=O)[C@@H](N)CCC(=O)O)C(=O)N1CCC[C@H]1C(=O)N1CCC[C@H]1C(=O)N[C@@H](CC(=O)O)C(=O)N[C@H](C(=O)O)[C@@H](C)O. The predicted octanol–water partition coefficient (Wildman–Crippen LogP) is -6.59. The second-order valence-corrected chi connectivity index (χ2v) is 20.0. The zero-order chi connectivity index (χ0) is 62.3. The van der Waals surface area contributed by atoms with Crippen molar-refractivity contribution in [2.75, 3.05) is 13.1 Å². The number of nitrogens with two attached hydrogens (primary N) is 3. The molecule has 82 heavy (non-hydrogen) atoms. The van der Waals surface area contributed by atoms with Crippen LogP contribution < -0.4 is 54.4 Å². The number of carbonyl (C=O) groups is 16. The molecular weight excluding hydrogens is 1100 g/mol. The molecule has 2 saturated heterocycles. The molecule has 0 bridgehead atoms. The molecule has 11 amide bonds. The molecule has 2 rings (SSSR count). The van der Waals surface area contributed by atoms with Crippen molar-refractivity contribution in [2.45, 2.75) is 184 Å². The minimum absolute atomic E-state index is 0.0199. The van der Waals surface area contributed by atoms with Crippen molar-refractivity contribution in [3.8, 4) is 0 Å². The van der Waals surface area contributed by atoms with Gasteiger partial charge in [-0.3, -0.25) is 71.9 Å². The number of aliphatic hydroxyl groups is 1. The number of likely N-dealkylation sites (tertiary alicyclic amines) is 2. The van der Waals surface area contributed by atoms with Crippen LogP contribution in [0.4, 0.5) is 0 Å². The first-order chi connectivity index (χ1) is 38.2. The van der Waals surface area contributed by atoms with E-state index < -0.39 is 238 Å². The zero-order valence-corrected chi connectivity index (χ0v) is 45.3. The van der Waals surface area contributed by atoms with E-state index in [1.54, 1.807) is 0 Å². The van der Waals surface area contributed by atoms with Crippen molar-refractivity contribution in [2.24, 2.45) is 23.1 Å². The number of rotatable bonds is 36. The lowest BCUT2D eigenvalue weighted by atomic mass is 10.0. The summed E-state index contributed by atoms with van der Waals surface area (Å²) in [4.78, 5) is 208. The Balaban J connectivity index is 2.42. The normalized spacial score (nSPS) is 18.1. The largest absolute Gasteiger partial charge is 0.481 e. The summed E-state index contributed by atoms with van der Waals surface area (Å²) in [5.41, 5.74) is 16.4. The van der Waals surface area contributed by atoms with Gasteiger partial charge in [0, 0.05) is 45.2 Å². The van der Waals surface area contributed by atoms with Crippen molar-refractivity contribution in [1.29, 1.82) is 0 Å². The van der Waals surface area contributed by atoms with Gasteiger partial charge < -0.3 is 94.9 Å². The Morgan fingerprint density at radius 3 is 1.24 bits per heavy atom. The molecule has 34 heteroatoms. The molecule has 0 saturated carbocycles. The maximum atomic E-state index is 14.4. The highest BCUT2D eigenvalue weighted by molar-refractivity contribution is 6.00. The summed E-state index contributed by atoms with van der Waals surface area (Å²) in [5, 5.41) is 72.2. The third-order valence-electron chi connectivity index (χ3n) is 13.1. The molecule has 0 unspecified atom stereocenters. The maximum absolute atomic E-state index is 14.4. The van der Waals surface area contributed by atoms with Crippen LogP contribution >= 0.6 is 0 Å². The highest BCUT2D eigenvalue weighted by Crippen LogP contribution is 2.27. The van der Waals surface area contributed by atoms with E-state index in [1.165, 1.54) is 13.8 Å². The van der Waals surface area contributed by atoms with Crippen molar-refractivity contribution < 1.29 is 107 Å². The number of hydrogen-bond donors (Lipinski definition) is 16. The minimum atomic E-state index is -1.87. The van der Waals surface area contributed by atoms with E-state index in [-0.39, 0.29) is 38.8 Å². The Bertz CT molecular complexity index is 2420. The number of nitrogens with zero attached hydrogens (tertiary/aromatic N) is 2. The van der Waals surface area contributed by atoms with E-state index in [0.717, 1.165) is 16.7 Å². The summed E-state index contributed by atoms with van der Waals surface area (Å²) < 4.78 is 0. The Kier molecular flexibility index (Phi) is 28.2. The summed E-state index contributed by atoms with van der Waals surface area (Å²) in [6, 6.07) is -16.4. The molecule has 2 aliphatic rings. The fourth-order valence-electron chi connectivity index (χ4n) is 8.71. The molecule has 0 aromatic carbocycles. The first-order valence-electron chi connectivity index (χ1n) is 26.1. The van der Waals surface area contributed by atoms with Crippen LogP contribution in [0.3, 0.4) is 0 Å². The summed E-state index contributed by atoms with van der Waals surface area (Å²) in [7, 11) is 0. The number of amides is 11. The van der Waals surface area contributed by atoms with E-state index in [0.29, 0.717) is 0 Å². The number of aliphatic hydroxyl groups excluding tert-OH is 1. The number of carboxylic acid groups (broad SMARTS) is 5. The monoisotopic (exact) mass is 1170 g/mol. The first kappa shape index (κ1) is 69.5. The van der Waals surface area contributed by atoms with Crippen LogP contribution in [0.5, 0.6) is 0 Å². The average Bonchev–Trinajstić information content (AvgIpc) is 4.19. The van der Waals surface area contributed by atoms with Crippen molar-refractivity contribution in [3.63, 3.8) is 0 Å². The van der Waals surface area contributed by atoms with Crippen LogP contribution in [0.2, 0.25) is 0 Å². The minimum Gasteiger partial charge on any atom is -0.481 e. The Labute approximate surface area is 468 Å². The quantitative estimate of drug-likeness (QED) is 0.0277. The average molecular weight is 1170 g/mol. The Morgan fingerprint density at radius 1 is 0.463 bits per heavy atom. The van der Waals surface area contributed by atoms with Crippen LogP contribution in [-0.2, 0) is 76.7 Å². The van der Waals surface area contributed by atoms with Gasteiger partial charge in [0.1, 0.15) is 48.3 Å². The van der Waals surface area contributed by atoms with Gasteiger partial charge in [0.05, 0.1) is 18.6 Å². The van der Waals surface area contributed by atoms with Crippen molar-refractivity contribution in [3.05, 3.63) is 0 Å². The molecule has 0 aliphatic carbocycles. The van der Waals surface area contributed by atoms with Gasteiger partial charge in [0.2, 0.25) is 65.0 Å². The van der Waals surface area contributed by atoms with Crippen LogP contribution in [0.1, 0.15) is 117 Å². The molecule has 2 fully saturated rings. The number of carboxylic acids is 5. The number of nitrogens with one attached hydrogen (secondary N) is 7. The van der Waals surface area contributed by atoms with Gasteiger partial charge in [-0.15, -0.1) is 0 Å². The summed E-state index contributed by atoms with van der Waals surface area (Å²) in [6.07, 6.45) is -8.16. The smallest absolute Gasteiger partial charge is 0.328 e. The molecule has 34 nitrogen and oxygen atoms in total. The molecule has 0 spiro atoms. The molecule has 0 radical (unpaired) electrons. The summed E-state index contributed by atoms with van der Waals surface area (Å²) >= 11 is 0. The van der Waals surface area contributed by atoms with Crippen LogP contribution in [0.15, 0.2) is 0 Å². The second-order valence-electron chi connectivity index (χ2n) is 20.0. The molecule has 0 aromatic rings. The van der Waals surface area contributed by atoms with Crippen molar-refractivity contribution in [1.82, 2.24) is 47.0 Å². The van der Waals surface area contributed by atoms with Crippen LogP contribution in [-0.4, -0.2) is 215 Å². The van der Waals surface area contributed by atoms with Gasteiger partial charge in [-0.2, -0.15) is 0 Å². The Morgan fingerprint density at radius 2 is 0.841 bits per heavy atom. The highest BCUT2D eigenvalue weighted by atomic mass is 16.4. The molecule has 11 atom stereocenters. The lowest BCUT2D eigenvalue weighted by Gasteiger charge is -2.34. The number of hydrogen-bond acceptors (Lipinski definition) is 18. The van der Waals surface area contributed by atoms with E-state index in [4.69, 9.17) is 22.3 Å². The number of carbonyl (C=O) groups excluding carboxylic acids is 11. The second kappa shape index (κ2) is 33.3. The standard InChI is InChI=1S/C48H74N12O22/c1-21(2)37(47(80)60-19-5-7-30(60)46(79)59-18-4-6-29(59)45(78)56-28(20-36(70)71)44(77)58-38(22(3)61)48(81)82)57-43(76)27(12-17-35(68)69)55-41(74)25(10-14-32(51)63)53-40(73)24(9-13-31(50)62)54-42(75)26(11-16-34(66)67)52-39(72)23(49)8-15-33(64)65/h21-30,37-38,61H,4-20,49H2,1-3H3,(H2,50,62)(H2,51,63)(H,52,72)(H,53,73)(H,54,75)(H,55,74)(H,56,78)(H,57,76)(H,58,77)(H,64,65)(H,66,67)(H,68,69)(H,70,71)(H,81,82)/t22-,23+,24+,25+,26+,27+,28+,29+,30+,37+,38+/m1/s1. The third kappa shape index (κ3) is 22.9. The fourth-order valence-corrected chi connectivity index (χ4v) is 8.71. The number of primary amides is 2. The van der Waals surface area contributed by atoms with Gasteiger partial charge in [-0.1, -0.05) is 13.8 Å².